The van der Waals surface area contributed by atoms with Crippen LogP contribution in [0, 0.1) is 0 Å². The summed E-state index contributed by atoms with van der Waals surface area (Å²) in [7, 11) is 1.96. The highest BCUT2D eigenvalue weighted by Crippen LogP contribution is 2.39. The van der Waals surface area contributed by atoms with Gasteiger partial charge in [0.1, 0.15) is 5.75 Å². The fourth-order valence-electron chi connectivity index (χ4n) is 2.03. The van der Waals surface area contributed by atoms with Crippen molar-refractivity contribution in [3.8, 4) is 5.75 Å². The van der Waals surface area contributed by atoms with E-state index < -0.39 is 0 Å². The van der Waals surface area contributed by atoms with Crippen LogP contribution in [0.2, 0.25) is 0 Å². The van der Waals surface area contributed by atoms with Crippen LogP contribution in [0.4, 0.5) is 0 Å². The molecule has 2 aromatic rings. The largest absolute Gasteiger partial charge is 0.494 e. The summed E-state index contributed by atoms with van der Waals surface area (Å²) in [5.74, 6) is 0.929. The smallest absolute Gasteiger partial charge is 0.124 e. The highest BCUT2D eigenvalue weighted by atomic mass is 79.9. The molecule has 0 saturated heterocycles. The Kier molecular flexibility index (Phi) is 5.45. The lowest BCUT2D eigenvalue weighted by Gasteiger charge is -2.19. The molecule has 0 amide bonds. The van der Waals surface area contributed by atoms with E-state index in [0.717, 1.165) is 18.9 Å². The van der Waals surface area contributed by atoms with Gasteiger partial charge in [0.05, 0.1) is 20.2 Å². The number of rotatable bonds is 5. The minimum Gasteiger partial charge on any atom is -0.494 e. The predicted octanol–water partition coefficient (Wildman–Crippen LogP) is 4.98. The van der Waals surface area contributed by atoms with Crippen LogP contribution in [0.3, 0.4) is 0 Å². The van der Waals surface area contributed by atoms with Gasteiger partial charge in [-0.1, -0.05) is 18.2 Å². The van der Waals surface area contributed by atoms with Gasteiger partial charge in [-0.05, 0) is 63.5 Å². The van der Waals surface area contributed by atoms with Crippen LogP contribution < -0.4 is 10.1 Å². The lowest BCUT2D eigenvalue weighted by Crippen LogP contribution is -2.18. The van der Waals surface area contributed by atoms with Gasteiger partial charge >= 0.3 is 0 Å². The van der Waals surface area contributed by atoms with E-state index in [-0.39, 0.29) is 6.04 Å². The highest BCUT2D eigenvalue weighted by Gasteiger charge is 2.20. The van der Waals surface area contributed by atoms with Crippen molar-refractivity contribution < 1.29 is 4.74 Å². The monoisotopic (exact) mass is 403 g/mol. The number of halogens is 2. The van der Waals surface area contributed by atoms with Gasteiger partial charge in [0.15, 0.2) is 0 Å². The van der Waals surface area contributed by atoms with Crippen molar-refractivity contribution in [2.24, 2.45) is 0 Å². The zero-order chi connectivity index (χ0) is 13.8. The minimum absolute atomic E-state index is 0.111. The predicted molar refractivity (Wildman–Crippen MR) is 88.2 cm³/mol. The maximum Gasteiger partial charge on any atom is 0.124 e. The summed E-state index contributed by atoms with van der Waals surface area (Å²) in [6, 6.07) is 10.4. The molecule has 2 rings (SSSR count). The van der Waals surface area contributed by atoms with Crippen LogP contribution in [-0.2, 0) is 0 Å². The molecule has 0 aliphatic heterocycles. The van der Waals surface area contributed by atoms with E-state index in [1.54, 1.807) is 11.3 Å². The van der Waals surface area contributed by atoms with E-state index in [1.807, 2.05) is 32.2 Å². The summed E-state index contributed by atoms with van der Waals surface area (Å²) in [6.07, 6.45) is 0. The average Bonchev–Trinajstić information content (AvgIpc) is 2.72. The van der Waals surface area contributed by atoms with Gasteiger partial charge in [-0.15, -0.1) is 11.3 Å². The molecule has 0 radical (unpaired) electrons. The zero-order valence-electron chi connectivity index (χ0n) is 10.7. The van der Waals surface area contributed by atoms with Crippen LogP contribution in [0.1, 0.15) is 24.1 Å². The molecule has 0 fully saturated rings. The molecule has 1 N–H and O–H groups in total. The standard InChI is InChI=1S/C14H15Br2NOS/c1-3-18-11-7-5-4-6-9(11)13(17-2)10-8-12(15)19-14(10)16/h4-8,13,17H,3H2,1-2H3. The fourth-order valence-corrected chi connectivity index (χ4v) is 4.94. The maximum atomic E-state index is 5.72. The molecule has 1 heterocycles. The second kappa shape index (κ2) is 6.88. The Morgan fingerprint density at radius 3 is 2.58 bits per heavy atom. The first-order valence-corrected chi connectivity index (χ1v) is 8.41. The van der Waals surface area contributed by atoms with E-state index in [2.05, 4.69) is 49.3 Å². The summed E-state index contributed by atoms with van der Waals surface area (Å²) in [4.78, 5) is 0. The van der Waals surface area contributed by atoms with Gasteiger partial charge in [-0.3, -0.25) is 0 Å². The second-order valence-corrected chi connectivity index (χ2v) is 7.72. The van der Waals surface area contributed by atoms with Crippen LogP contribution >= 0.6 is 43.2 Å². The van der Waals surface area contributed by atoms with Crippen LogP contribution in [0.15, 0.2) is 37.9 Å². The molecule has 102 valence electrons. The molecule has 5 heteroatoms. The van der Waals surface area contributed by atoms with Crippen LogP contribution in [0.25, 0.3) is 0 Å². The van der Waals surface area contributed by atoms with Crippen molar-refractivity contribution in [2.45, 2.75) is 13.0 Å². The number of para-hydroxylation sites is 1. The van der Waals surface area contributed by atoms with Gasteiger partial charge in [-0.2, -0.15) is 0 Å². The Labute approximate surface area is 134 Å². The number of hydrogen-bond acceptors (Lipinski definition) is 3. The lowest BCUT2D eigenvalue weighted by atomic mass is 10.0. The van der Waals surface area contributed by atoms with Gasteiger partial charge in [0.25, 0.3) is 0 Å². The second-order valence-electron chi connectivity index (χ2n) is 3.97. The average molecular weight is 405 g/mol. The molecular weight excluding hydrogens is 390 g/mol. The van der Waals surface area contributed by atoms with Crippen LogP contribution in [-0.4, -0.2) is 13.7 Å². The third kappa shape index (κ3) is 3.40. The van der Waals surface area contributed by atoms with Crippen molar-refractivity contribution in [1.82, 2.24) is 5.32 Å². The molecule has 1 aromatic carbocycles. The fraction of sp³-hybridized carbons (Fsp3) is 0.286. The van der Waals surface area contributed by atoms with Gasteiger partial charge < -0.3 is 10.1 Å². The summed E-state index contributed by atoms with van der Waals surface area (Å²) < 4.78 is 7.97. The molecule has 1 aromatic heterocycles. The van der Waals surface area contributed by atoms with Gasteiger partial charge in [0, 0.05) is 5.56 Å². The normalized spacial score (nSPS) is 12.4. The molecule has 0 aliphatic rings. The van der Waals surface area contributed by atoms with Gasteiger partial charge in [-0.25, -0.2) is 0 Å². The SMILES string of the molecule is CCOc1ccccc1C(NC)c1cc(Br)sc1Br. The third-order valence-electron chi connectivity index (χ3n) is 2.81. The van der Waals surface area contributed by atoms with E-state index in [1.165, 1.54) is 5.56 Å². The number of thiophene rings is 1. The Bertz CT molecular complexity index is 556. The molecule has 0 aliphatic carbocycles. The molecule has 2 nitrogen and oxygen atoms in total. The third-order valence-corrected chi connectivity index (χ3v) is 5.20. The van der Waals surface area contributed by atoms with Crippen molar-refractivity contribution in [1.29, 1.82) is 0 Å². The number of benzene rings is 1. The van der Waals surface area contributed by atoms with E-state index in [4.69, 9.17) is 4.74 Å². The lowest BCUT2D eigenvalue weighted by molar-refractivity contribution is 0.334. The van der Waals surface area contributed by atoms with Crippen molar-refractivity contribution >= 4 is 43.2 Å². The van der Waals surface area contributed by atoms with Crippen molar-refractivity contribution in [2.75, 3.05) is 13.7 Å². The molecule has 1 atom stereocenters. The molecule has 0 saturated carbocycles. The Morgan fingerprint density at radius 2 is 2.00 bits per heavy atom. The number of nitrogens with one attached hydrogen (secondary N) is 1. The van der Waals surface area contributed by atoms with E-state index in [0.29, 0.717) is 6.61 Å². The molecule has 1 unspecified atom stereocenters. The quantitative estimate of drug-likeness (QED) is 0.758. The summed E-state index contributed by atoms with van der Waals surface area (Å²) in [5, 5.41) is 3.36. The van der Waals surface area contributed by atoms with Crippen molar-refractivity contribution in [3.63, 3.8) is 0 Å². The number of ether oxygens (including phenoxy) is 1. The minimum atomic E-state index is 0.111. The number of hydrogen-bond donors (Lipinski definition) is 1. The Hall–Kier alpha value is -0.360. The summed E-state index contributed by atoms with van der Waals surface area (Å²) in [5.41, 5.74) is 2.37. The maximum absolute atomic E-state index is 5.72. The first kappa shape index (κ1) is 15.0. The van der Waals surface area contributed by atoms with E-state index >= 15 is 0 Å². The molecule has 0 bridgehead atoms. The molecule has 19 heavy (non-hydrogen) atoms. The van der Waals surface area contributed by atoms with E-state index in [9.17, 15) is 0 Å². The topological polar surface area (TPSA) is 21.3 Å². The Morgan fingerprint density at radius 1 is 1.26 bits per heavy atom. The van der Waals surface area contributed by atoms with Gasteiger partial charge in [0.2, 0.25) is 0 Å². The molecular formula is C14H15Br2NOS. The zero-order valence-corrected chi connectivity index (χ0v) is 14.7. The first-order chi connectivity index (χ1) is 9.17. The van der Waals surface area contributed by atoms with Crippen molar-refractivity contribution in [3.05, 3.63) is 49.0 Å². The molecule has 0 spiro atoms. The Balaban J connectivity index is 2.45. The summed E-state index contributed by atoms with van der Waals surface area (Å²) in [6.45, 7) is 2.67. The van der Waals surface area contributed by atoms with Crippen LogP contribution in [0.5, 0.6) is 5.75 Å². The first-order valence-electron chi connectivity index (χ1n) is 6.01. The summed E-state index contributed by atoms with van der Waals surface area (Å²) >= 11 is 8.84. The highest BCUT2D eigenvalue weighted by molar-refractivity contribution is 9.12.